The van der Waals surface area contributed by atoms with Crippen LogP contribution in [0.1, 0.15) is 92.2 Å². The van der Waals surface area contributed by atoms with Crippen LogP contribution in [0.5, 0.6) is 0 Å². The van der Waals surface area contributed by atoms with Gasteiger partial charge in [-0.15, -0.1) is 11.3 Å². The monoisotopic (exact) mass is 627 g/mol. The molecule has 2 saturated heterocycles. The standard InChI is InChI=1S/C33H41N9O2S/c1-18-17-41(14-10-24(18)43)31-22-16-36-42(19(2)23-8-6-13-40(23)3)32(22)38-30(37-31)27-20-7-4-11-33(28(20)44-39-27)12-5-9-25-26(33)21(15-34)29(35)45-25/h16,18-19,23-24,43H,4-14,17,35H2,1-3H3/t18-,19-,23-,24+,33-/m0/s1. The Morgan fingerprint density at radius 2 is 2.00 bits per heavy atom. The number of anilines is 2. The highest BCUT2D eigenvalue weighted by Gasteiger charge is 2.49. The number of nitriles is 1. The van der Waals surface area contributed by atoms with Crippen molar-refractivity contribution in [3.63, 3.8) is 0 Å². The van der Waals surface area contributed by atoms with Crippen LogP contribution >= 0.6 is 11.3 Å². The van der Waals surface area contributed by atoms with Gasteiger partial charge in [-0.05, 0) is 89.8 Å². The van der Waals surface area contributed by atoms with Crippen LogP contribution in [0.2, 0.25) is 0 Å². The third kappa shape index (κ3) is 4.34. The largest absolute Gasteiger partial charge is 0.393 e. The summed E-state index contributed by atoms with van der Waals surface area (Å²) in [5.41, 5.74) is 10.2. The van der Waals surface area contributed by atoms with Crippen LogP contribution in [-0.4, -0.2) is 73.7 Å². The summed E-state index contributed by atoms with van der Waals surface area (Å²) in [6, 6.07) is 2.93. The number of nitrogens with zero attached hydrogens (tertiary/aromatic N) is 8. The van der Waals surface area contributed by atoms with Crippen LogP contribution in [0.3, 0.4) is 0 Å². The summed E-state index contributed by atoms with van der Waals surface area (Å²) in [6.45, 7) is 6.84. The minimum atomic E-state index is -0.402. The molecule has 0 aromatic carbocycles. The molecule has 6 heterocycles. The van der Waals surface area contributed by atoms with Crippen molar-refractivity contribution >= 4 is 33.2 Å². The lowest BCUT2D eigenvalue weighted by Gasteiger charge is -2.39. The summed E-state index contributed by atoms with van der Waals surface area (Å²) in [4.78, 5) is 16.3. The highest BCUT2D eigenvalue weighted by molar-refractivity contribution is 7.16. The van der Waals surface area contributed by atoms with E-state index in [9.17, 15) is 10.4 Å². The molecule has 0 bridgehead atoms. The normalized spacial score (nSPS) is 27.5. The van der Waals surface area contributed by atoms with Gasteiger partial charge in [-0.1, -0.05) is 12.1 Å². The Kier molecular flexibility index (Phi) is 6.93. The maximum absolute atomic E-state index is 10.5. The number of nitrogens with two attached hydrogens (primary N) is 1. The molecule has 45 heavy (non-hydrogen) atoms. The number of aliphatic hydroxyl groups is 1. The van der Waals surface area contributed by atoms with Gasteiger partial charge < -0.3 is 25.2 Å². The molecule has 5 atom stereocenters. The number of rotatable bonds is 4. The molecule has 4 aromatic heterocycles. The van der Waals surface area contributed by atoms with E-state index in [1.54, 1.807) is 11.3 Å². The number of piperidine rings is 1. The second kappa shape index (κ2) is 10.8. The van der Waals surface area contributed by atoms with Gasteiger partial charge >= 0.3 is 0 Å². The van der Waals surface area contributed by atoms with Crippen molar-refractivity contribution in [3.05, 3.63) is 33.5 Å². The van der Waals surface area contributed by atoms with Crippen LogP contribution in [-0.2, 0) is 18.3 Å². The van der Waals surface area contributed by atoms with Gasteiger partial charge in [0.05, 0.1) is 34.7 Å². The molecule has 1 spiro atoms. The van der Waals surface area contributed by atoms with E-state index >= 15 is 0 Å². The average molecular weight is 628 g/mol. The van der Waals surface area contributed by atoms with Gasteiger partial charge in [-0.2, -0.15) is 10.4 Å². The molecule has 0 unspecified atom stereocenters. The van der Waals surface area contributed by atoms with Crippen molar-refractivity contribution in [2.45, 2.75) is 95.2 Å². The minimum Gasteiger partial charge on any atom is -0.393 e. The zero-order chi connectivity index (χ0) is 31.0. The molecule has 8 rings (SSSR count). The summed E-state index contributed by atoms with van der Waals surface area (Å²) in [6.07, 6.45) is 10.1. The zero-order valence-corrected chi connectivity index (χ0v) is 27.1. The number of likely N-dealkylation sites (N-methyl/N-ethyl adjacent to an activating group) is 1. The van der Waals surface area contributed by atoms with Gasteiger partial charge in [0.15, 0.2) is 22.9 Å². The molecular formula is C33H41N9O2S. The smallest absolute Gasteiger partial charge is 0.186 e. The predicted octanol–water partition coefficient (Wildman–Crippen LogP) is 4.82. The molecule has 11 nitrogen and oxygen atoms in total. The Morgan fingerprint density at radius 3 is 2.76 bits per heavy atom. The molecule has 4 aliphatic rings. The molecule has 2 aliphatic heterocycles. The van der Waals surface area contributed by atoms with Crippen LogP contribution in [0.15, 0.2) is 10.7 Å². The number of hydrogen-bond acceptors (Lipinski definition) is 11. The molecule has 12 heteroatoms. The maximum atomic E-state index is 10.5. The molecule has 4 aromatic rings. The van der Waals surface area contributed by atoms with Crippen molar-refractivity contribution < 1.29 is 9.63 Å². The van der Waals surface area contributed by atoms with Crippen LogP contribution in [0.4, 0.5) is 10.8 Å². The number of fused-ring (bicyclic) bond motifs is 5. The van der Waals surface area contributed by atoms with Crippen molar-refractivity contribution in [1.82, 2.24) is 29.8 Å². The number of aromatic nitrogens is 5. The first-order valence-corrected chi connectivity index (χ1v) is 17.3. The lowest BCUT2D eigenvalue weighted by atomic mass is 9.63. The molecular weight excluding hydrogens is 586 g/mol. The topological polar surface area (TPSA) is 146 Å². The molecule has 0 saturated carbocycles. The Bertz CT molecular complexity index is 1820. The lowest BCUT2D eigenvalue weighted by molar-refractivity contribution is 0.0969. The summed E-state index contributed by atoms with van der Waals surface area (Å²) in [7, 11) is 2.19. The third-order valence-electron chi connectivity index (χ3n) is 11.2. The van der Waals surface area contributed by atoms with E-state index in [0.29, 0.717) is 47.6 Å². The number of nitrogen functional groups attached to an aromatic ring is 1. The van der Waals surface area contributed by atoms with Crippen molar-refractivity contribution in [2.75, 3.05) is 37.3 Å². The Balaban J connectivity index is 1.29. The minimum absolute atomic E-state index is 0.126. The van der Waals surface area contributed by atoms with Crippen molar-refractivity contribution in [2.24, 2.45) is 5.92 Å². The maximum Gasteiger partial charge on any atom is 0.186 e. The first kappa shape index (κ1) is 28.9. The summed E-state index contributed by atoms with van der Waals surface area (Å²) >= 11 is 1.55. The van der Waals surface area contributed by atoms with Crippen LogP contribution < -0.4 is 10.6 Å². The molecule has 2 aliphatic carbocycles. The number of thiophene rings is 1. The molecule has 236 valence electrons. The summed E-state index contributed by atoms with van der Waals surface area (Å²) in [5.74, 6) is 2.37. The fourth-order valence-electron chi connectivity index (χ4n) is 8.81. The number of aliphatic hydroxyl groups excluding tert-OH is 1. The van der Waals surface area contributed by atoms with E-state index in [1.165, 1.54) is 11.3 Å². The molecule has 3 N–H and O–H groups in total. The summed E-state index contributed by atoms with van der Waals surface area (Å²) < 4.78 is 8.41. The number of hydrogen-bond donors (Lipinski definition) is 2. The van der Waals surface area contributed by atoms with E-state index in [2.05, 4.69) is 41.4 Å². The van der Waals surface area contributed by atoms with E-state index in [0.717, 1.165) is 85.2 Å². The fraction of sp³-hybridized carbons (Fsp3) is 0.606. The quantitative estimate of drug-likeness (QED) is 0.323. The number of likely N-dealkylation sites (tertiary alicyclic amines) is 1. The van der Waals surface area contributed by atoms with E-state index in [4.69, 9.17) is 30.5 Å². The summed E-state index contributed by atoms with van der Waals surface area (Å²) in [5, 5.41) is 31.8. The number of aryl methyl sites for hydroxylation is 1. The van der Waals surface area contributed by atoms with Crippen LogP contribution in [0.25, 0.3) is 22.6 Å². The van der Waals surface area contributed by atoms with Gasteiger partial charge in [-0.3, -0.25) is 0 Å². The van der Waals surface area contributed by atoms with E-state index < -0.39 is 5.41 Å². The Morgan fingerprint density at radius 1 is 1.18 bits per heavy atom. The van der Waals surface area contributed by atoms with E-state index in [1.807, 2.05) is 6.20 Å². The highest BCUT2D eigenvalue weighted by atomic mass is 32.1. The van der Waals surface area contributed by atoms with Gasteiger partial charge in [0.2, 0.25) is 0 Å². The second-order valence-corrected chi connectivity index (χ2v) is 14.9. The fourth-order valence-corrected chi connectivity index (χ4v) is 9.97. The zero-order valence-electron chi connectivity index (χ0n) is 26.3. The first-order chi connectivity index (χ1) is 21.8. The Labute approximate surface area is 267 Å². The van der Waals surface area contributed by atoms with Crippen LogP contribution in [0, 0.1) is 17.2 Å². The Hall–Kier alpha value is -3.53. The van der Waals surface area contributed by atoms with Gasteiger partial charge in [0, 0.05) is 29.6 Å². The van der Waals surface area contributed by atoms with Gasteiger partial charge in [0.25, 0.3) is 0 Å². The van der Waals surface area contributed by atoms with Gasteiger partial charge in [0.1, 0.15) is 16.9 Å². The molecule has 2 fully saturated rings. The first-order valence-electron chi connectivity index (χ1n) is 16.5. The predicted molar refractivity (Wildman–Crippen MR) is 173 cm³/mol. The highest BCUT2D eigenvalue weighted by Crippen LogP contribution is 2.55. The SMILES string of the molecule is C[C@H]1CN(c2nc(-c3noc4c3CCC[C@@]43CCCc4sc(N)c(C#N)c43)nc3c2cnn3[C@@H](C)[C@@H]2CCCN2C)CC[C@H]1O. The van der Waals surface area contributed by atoms with Crippen molar-refractivity contribution in [1.29, 1.82) is 5.26 Å². The molecule has 0 amide bonds. The van der Waals surface area contributed by atoms with Crippen molar-refractivity contribution in [3.8, 4) is 17.6 Å². The third-order valence-corrected chi connectivity index (χ3v) is 12.3. The second-order valence-electron chi connectivity index (χ2n) is 13.8. The van der Waals surface area contributed by atoms with E-state index in [-0.39, 0.29) is 18.1 Å². The van der Waals surface area contributed by atoms with Gasteiger partial charge in [-0.25, -0.2) is 14.6 Å². The average Bonchev–Trinajstić information content (AvgIpc) is 3.83. The lowest BCUT2D eigenvalue weighted by Crippen LogP contribution is -2.42. The molecule has 0 radical (unpaired) electrons.